The van der Waals surface area contributed by atoms with Crippen LogP contribution in [-0.4, -0.2) is 187 Å². The Labute approximate surface area is 471 Å². The van der Waals surface area contributed by atoms with Gasteiger partial charge in [0.15, 0.2) is 0 Å². The number of carboxylic acids is 2. The van der Waals surface area contributed by atoms with Crippen molar-refractivity contribution in [1.82, 2.24) is 42.1 Å². The second kappa shape index (κ2) is 44.7. The van der Waals surface area contributed by atoms with Gasteiger partial charge in [-0.1, -0.05) is 71.3 Å². The summed E-state index contributed by atoms with van der Waals surface area (Å²) in [6, 6.07) is -1.56. The van der Waals surface area contributed by atoms with Crippen LogP contribution in [0.5, 0.6) is 0 Å². The molecule has 0 aromatic carbocycles. The van der Waals surface area contributed by atoms with Crippen molar-refractivity contribution in [2.45, 2.75) is 159 Å². The first kappa shape index (κ1) is 79.4. The number of nitrogens with zero attached hydrogens (tertiary/aromatic N) is 1. The fraction of sp³-hybridized carbons (Fsp3) is 0.769. The fourth-order valence-corrected chi connectivity index (χ4v) is 6.14. The molecule has 0 fully saturated rings. The number of amides is 6. The standard InChI is InChI=1S/C19H30N4O7.C13H26N2O3.C7H14BrNO2.C7H16N2O2.C6H13NO/c1-13(2)18(19(28)29)22-8-7-20-15(25)6-11-30-12-9-21-14(24)5-10-23-16(26)3-4-17(23)27;1-9(2)11(10(3)16)14-7-8-15-12(17)18-13(4,5)6;1-7(2,3)11-6(10)9-5-4-8;1-5(2)6(7(10)11)9-4-3-8;1-4(2)6(7)5(3)8/h3-4,13,18,22H,5-12H2,1-2H3,(H,20,25)(H,21,24)(H,28,29);9,11,14H,7-8H2,1-6H3,(H,15,17);4-5H2,1-3H3,(H,9,10);5-6,9H,3-4,8H2,1-2H3,(H,10,11);4,6H,7H2,1-3H3/t18-;11-;;2*6-/m00.00/s1. The van der Waals surface area contributed by atoms with Gasteiger partial charge in [-0.2, -0.15) is 0 Å². The van der Waals surface area contributed by atoms with Crippen LogP contribution in [0.4, 0.5) is 9.59 Å². The van der Waals surface area contributed by atoms with Gasteiger partial charge in [-0.05, 0) is 79.1 Å². The van der Waals surface area contributed by atoms with Gasteiger partial charge in [0, 0.05) is 89.2 Å². The quantitative estimate of drug-likeness (QED) is 0.0279. The molecule has 1 aliphatic heterocycles. The number of ketones is 2. The molecule has 1 aliphatic rings. The maximum atomic E-state index is 11.7. The molecule has 1 heterocycles. The highest BCUT2D eigenvalue weighted by molar-refractivity contribution is 9.09. The number of nitrogens with two attached hydrogens (primary N) is 2. The number of carbonyl (C=O) groups excluding carboxylic acids is 8. The lowest BCUT2D eigenvalue weighted by Gasteiger charge is -2.21. The minimum absolute atomic E-state index is 0.00907. The minimum atomic E-state index is -0.924. The van der Waals surface area contributed by atoms with E-state index in [1.165, 1.54) is 19.1 Å². The minimum Gasteiger partial charge on any atom is -0.480 e. The first-order valence-electron chi connectivity index (χ1n) is 26.2. The van der Waals surface area contributed by atoms with E-state index in [1.807, 2.05) is 83.1 Å². The first-order valence-corrected chi connectivity index (χ1v) is 27.3. The molecule has 0 bridgehead atoms. The van der Waals surface area contributed by atoms with Crippen molar-refractivity contribution in [3.05, 3.63) is 12.2 Å². The Morgan fingerprint density at radius 3 is 1.32 bits per heavy atom. The van der Waals surface area contributed by atoms with E-state index in [-0.39, 0.29) is 104 Å². The Kier molecular flexibility index (Phi) is 45.5. The van der Waals surface area contributed by atoms with Crippen molar-refractivity contribution in [2.24, 2.45) is 35.1 Å². The number of nitrogens with one attached hydrogen (secondary N) is 7. The molecule has 0 unspecified atom stereocenters. The molecule has 0 aromatic rings. The van der Waals surface area contributed by atoms with Crippen molar-refractivity contribution in [1.29, 1.82) is 0 Å². The van der Waals surface area contributed by atoms with E-state index < -0.39 is 53.1 Å². The number of hydrogen-bond donors (Lipinski definition) is 11. The summed E-state index contributed by atoms with van der Waals surface area (Å²) < 4.78 is 15.3. The Bertz CT molecular complexity index is 1800. The van der Waals surface area contributed by atoms with Gasteiger partial charge in [-0.25, -0.2) is 9.59 Å². The molecule has 0 aromatic heterocycles. The van der Waals surface area contributed by atoms with Crippen molar-refractivity contribution in [3.63, 3.8) is 0 Å². The molecular formula is C52H99BrN10O15. The summed E-state index contributed by atoms with van der Waals surface area (Å²) in [7, 11) is 0. The third-order valence-corrected chi connectivity index (χ3v) is 10.3. The zero-order valence-electron chi connectivity index (χ0n) is 49.4. The predicted molar refractivity (Wildman–Crippen MR) is 303 cm³/mol. The highest BCUT2D eigenvalue weighted by Crippen LogP contribution is 2.08. The Morgan fingerprint density at radius 1 is 0.564 bits per heavy atom. The largest absolute Gasteiger partial charge is 0.480 e. The molecule has 4 atom stereocenters. The molecule has 0 radical (unpaired) electrons. The molecule has 0 spiro atoms. The number of rotatable bonds is 30. The number of halogens is 1. The third-order valence-electron chi connectivity index (χ3n) is 9.90. The van der Waals surface area contributed by atoms with Crippen LogP contribution in [-0.2, 0) is 52.6 Å². The van der Waals surface area contributed by atoms with Gasteiger partial charge >= 0.3 is 24.1 Å². The van der Waals surface area contributed by atoms with E-state index in [2.05, 4.69) is 53.1 Å². The number of Topliss-reactive ketones (excluding diaryl/α,β-unsaturated/α-hetero) is 2. The highest BCUT2D eigenvalue weighted by atomic mass is 79.9. The lowest BCUT2D eigenvalue weighted by Crippen LogP contribution is -2.44. The van der Waals surface area contributed by atoms with Crippen molar-refractivity contribution in [2.75, 3.05) is 77.4 Å². The summed E-state index contributed by atoms with van der Waals surface area (Å²) in [6.07, 6.45) is 1.69. The van der Waals surface area contributed by atoms with E-state index in [0.717, 1.165) is 10.2 Å². The van der Waals surface area contributed by atoms with E-state index >= 15 is 0 Å². The van der Waals surface area contributed by atoms with Crippen LogP contribution in [0, 0.1) is 23.7 Å². The molecule has 78 heavy (non-hydrogen) atoms. The van der Waals surface area contributed by atoms with Gasteiger partial charge in [-0.3, -0.25) is 43.3 Å². The highest BCUT2D eigenvalue weighted by Gasteiger charge is 2.24. The molecule has 26 heteroatoms. The van der Waals surface area contributed by atoms with Gasteiger partial charge in [0.1, 0.15) is 34.9 Å². The number of hydrogen-bond acceptors (Lipinski definition) is 18. The second-order valence-electron chi connectivity index (χ2n) is 21.0. The average Bonchev–Trinajstić information content (AvgIpc) is 3.62. The summed E-state index contributed by atoms with van der Waals surface area (Å²) in [5, 5.41) is 37.8. The number of imide groups is 1. The number of carboxylic acid groups (broad SMARTS) is 2. The van der Waals surface area contributed by atoms with Crippen LogP contribution < -0.4 is 48.7 Å². The topological polar surface area (TPSA) is 378 Å². The fourth-order valence-electron chi connectivity index (χ4n) is 5.94. The zero-order valence-corrected chi connectivity index (χ0v) is 50.9. The lowest BCUT2D eigenvalue weighted by molar-refractivity contribution is -0.141. The summed E-state index contributed by atoms with van der Waals surface area (Å²) in [5.74, 6) is -2.38. The summed E-state index contributed by atoms with van der Waals surface area (Å²) in [4.78, 5) is 113. The van der Waals surface area contributed by atoms with E-state index in [9.17, 15) is 47.9 Å². The van der Waals surface area contributed by atoms with Crippen LogP contribution in [0.2, 0.25) is 0 Å². The van der Waals surface area contributed by atoms with E-state index in [4.69, 9.17) is 35.9 Å². The van der Waals surface area contributed by atoms with Gasteiger partial charge in [0.2, 0.25) is 11.8 Å². The molecule has 0 saturated carbocycles. The smallest absolute Gasteiger partial charge is 0.407 e. The predicted octanol–water partition coefficient (Wildman–Crippen LogP) is 2.46. The maximum Gasteiger partial charge on any atom is 0.407 e. The van der Waals surface area contributed by atoms with Gasteiger partial charge in [0.25, 0.3) is 11.8 Å². The number of alkyl halides is 1. The molecule has 0 saturated heterocycles. The Morgan fingerprint density at radius 2 is 0.962 bits per heavy atom. The van der Waals surface area contributed by atoms with Crippen molar-refractivity contribution >= 4 is 75.3 Å². The molecular weight excluding hydrogens is 1080 g/mol. The molecule has 454 valence electrons. The number of alkyl carbamates (subject to hydrolysis) is 2. The normalized spacial score (nSPS) is 13.4. The monoisotopic (exact) mass is 1180 g/mol. The molecule has 0 aliphatic carbocycles. The van der Waals surface area contributed by atoms with Gasteiger partial charge in [-0.15, -0.1) is 0 Å². The third kappa shape index (κ3) is 46.9. The van der Waals surface area contributed by atoms with Crippen LogP contribution in [0.15, 0.2) is 12.2 Å². The van der Waals surface area contributed by atoms with Gasteiger partial charge in [0.05, 0.1) is 25.3 Å². The van der Waals surface area contributed by atoms with Gasteiger partial charge < -0.3 is 73.1 Å². The Balaban J connectivity index is -0.000000484. The van der Waals surface area contributed by atoms with Crippen molar-refractivity contribution in [3.8, 4) is 0 Å². The molecule has 6 amide bonds. The summed E-state index contributed by atoms with van der Waals surface area (Å²) in [6.45, 7) is 33.1. The molecule has 1 rings (SSSR count). The van der Waals surface area contributed by atoms with E-state index in [1.54, 1.807) is 20.8 Å². The van der Waals surface area contributed by atoms with Crippen LogP contribution in [0.1, 0.15) is 124 Å². The maximum absolute atomic E-state index is 11.7. The second-order valence-corrected chi connectivity index (χ2v) is 21.8. The Hall–Kier alpha value is -5.12. The lowest BCUT2D eigenvalue weighted by atomic mass is 10.0. The number of ether oxygens (including phenoxy) is 3. The molecule has 13 N–H and O–H groups in total. The number of aliphatic carboxylic acids is 2. The molecule has 25 nitrogen and oxygen atoms in total. The van der Waals surface area contributed by atoms with Crippen LogP contribution in [0.3, 0.4) is 0 Å². The van der Waals surface area contributed by atoms with E-state index in [0.29, 0.717) is 45.8 Å². The first-order chi connectivity index (χ1) is 35.9. The summed E-state index contributed by atoms with van der Waals surface area (Å²) >= 11 is 3.19. The summed E-state index contributed by atoms with van der Waals surface area (Å²) in [5.41, 5.74) is 9.74. The number of carbonyl (C=O) groups is 10. The average molecular weight is 1180 g/mol. The van der Waals surface area contributed by atoms with Crippen molar-refractivity contribution < 1.29 is 72.4 Å². The SMILES string of the molecule is CC(=O)[C@@H](N)C(C)C.CC(=O)[C@@H](NCCNC(=O)OC(C)(C)C)C(C)C.CC(C)(C)OC(=O)NCCBr.CC(C)[C@H](NCCN)C(=O)O.CC(C)[C@H](NCCNC(=O)CCOCCNC(=O)CCN1C(=O)C=CC1=O)C(=O)O. The van der Waals surface area contributed by atoms with Crippen LogP contribution >= 0.6 is 15.9 Å². The zero-order chi connectivity index (χ0) is 61.4. The van der Waals surface area contributed by atoms with Crippen LogP contribution in [0.25, 0.3) is 0 Å².